The van der Waals surface area contributed by atoms with Gasteiger partial charge in [0.05, 0.1) is 11.2 Å². The molecule has 2 rings (SSSR count). The Balaban J connectivity index is 2.51. The number of methoxy groups -OCH3 is 1. The van der Waals surface area contributed by atoms with E-state index in [1.165, 1.54) is 5.57 Å². The van der Waals surface area contributed by atoms with Gasteiger partial charge >= 0.3 is 0 Å². The molecule has 3 nitrogen and oxygen atoms in total. The Morgan fingerprint density at radius 1 is 1.26 bits per heavy atom. The normalized spacial score (nSPS) is 43.6. The first-order valence-corrected chi connectivity index (χ1v) is 7.42. The van der Waals surface area contributed by atoms with E-state index in [-0.39, 0.29) is 5.60 Å². The number of ether oxygens (including phenoxy) is 1. The summed E-state index contributed by atoms with van der Waals surface area (Å²) in [6, 6.07) is 0. The molecular formula is C16H28O3. The van der Waals surface area contributed by atoms with E-state index in [1.807, 2.05) is 0 Å². The molecule has 2 aliphatic rings. The van der Waals surface area contributed by atoms with Gasteiger partial charge in [-0.15, -0.1) is 0 Å². The average Bonchev–Trinajstić information content (AvgIpc) is 2.34. The van der Waals surface area contributed by atoms with Crippen molar-refractivity contribution in [2.24, 2.45) is 11.8 Å². The van der Waals surface area contributed by atoms with Gasteiger partial charge < -0.3 is 14.9 Å². The Morgan fingerprint density at radius 3 is 2.42 bits per heavy atom. The lowest BCUT2D eigenvalue weighted by atomic mass is 9.62. The molecule has 0 spiro atoms. The number of hydrogen-bond acceptors (Lipinski definition) is 3. The standard InChI is InChI=1S/C16H28O3/c1-10(2)11-6-9-16(4,19-5)12-7-8-15(3,18)14(17)13(11)12/h10-11,14,17-18H,6-9H2,1-5H3/t11-,14-,15-,16?/m1/s1. The molecule has 0 saturated carbocycles. The van der Waals surface area contributed by atoms with Gasteiger partial charge in [0.1, 0.15) is 6.10 Å². The maximum absolute atomic E-state index is 10.6. The van der Waals surface area contributed by atoms with Crippen LogP contribution in [-0.2, 0) is 4.74 Å². The van der Waals surface area contributed by atoms with Crippen LogP contribution in [0.3, 0.4) is 0 Å². The number of aliphatic hydroxyl groups is 2. The minimum absolute atomic E-state index is 0.266. The highest BCUT2D eigenvalue weighted by Crippen LogP contribution is 2.50. The lowest BCUT2D eigenvalue weighted by molar-refractivity contribution is -0.0761. The molecule has 3 heteroatoms. The van der Waals surface area contributed by atoms with Gasteiger partial charge in [-0.25, -0.2) is 0 Å². The number of hydrogen-bond donors (Lipinski definition) is 2. The van der Waals surface area contributed by atoms with E-state index >= 15 is 0 Å². The van der Waals surface area contributed by atoms with Crippen molar-refractivity contribution < 1.29 is 14.9 Å². The fraction of sp³-hybridized carbons (Fsp3) is 0.875. The van der Waals surface area contributed by atoms with Gasteiger partial charge in [0, 0.05) is 7.11 Å². The van der Waals surface area contributed by atoms with Crippen LogP contribution < -0.4 is 0 Å². The molecule has 0 fully saturated rings. The Kier molecular flexibility index (Phi) is 3.85. The second kappa shape index (κ2) is 4.87. The van der Waals surface area contributed by atoms with Gasteiger partial charge in [-0.05, 0) is 62.5 Å². The summed E-state index contributed by atoms with van der Waals surface area (Å²) in [7, 11) is 1.75. The zero-order valence-electron chi connectivity index (χ0n) is 12.9. The fourth-order valence-corrected chi connectivity index (χ4v) is 3.81. The SMILES string of the molecule is COC1(C)CC[C@H](C(C)C)C2=C1CC[C@@](C)(O)[C@@H]2O. The van der Waals surface area contributed by atoms with Crippen molar-refractivity contribution in [3.8, 4) is 0 Å². The van der Waals surface area contributed by atoms with Crippen LogP contribution in [0.1, 0.15) is 53.4 Å². The molecule has 2 N–H and O–H groups in total. The minimum Gasteiger partial charge on any atom is -0.387 e. The van der Waals surface area contributed by atoms with Crippen LogP contribution in [0.4, 0.5) is 0 Å². The molecule has 0 aromatic rings. The van der Waals surface area contributed by atoms with Crippen molar-refractivity contribution in [3.63, 3.8) is 0 Å². The molecule has 2 aliphatic carbocycles. The Hall–Kier alpha value is -0.380. The maximum atomic E-state index is 10.6. The van der Waals surface area contributed by atoms with Crippen LogP contribution in [0.25, 0.3) is 0 Å². The lowest BCUT2D eigenvalue weighted by Crippen LogP contribution is -2.51. The largest absolute Gasteiger partial charge is 0.387 e. The summed E-state index contributed by atoms with van der Waals surface area (Å²) in [6.07, 6.45) is 2.70. The molecule has 0 aliphatic heterocycles. The number of rotatable bonds is 2. The summed E-state index contributed by atoms with van der Waals surface area (Å²) >= 11 is 0. The van der Waals surface area contributed by atoms with Gasteiger partial charge in [-0.1, -0.05) is 13.8 Å². The topological polar surface area (TPSA) is 49.7 Å². The van der Waals surface area contributed by atoms with Crippen molar-refractivity contribution in [2.45, 2.75) is 70.7 Å². The summed E-state index contributed by atoms with van der Waals surface area (Å²) in [4.78, 5) is 0. The zero-order chi connectivity index (χ0) is 14.4. The van der Waals surface area contributed by atoms with Gasteiger partial charge in [0.2, 0.25) is 0 Å². The summed E-state index contributed by atoms with van der Waals surface area (Å²) < 4.78 is 5.74. The Bertz CT molecular complexity index is 379. The molecule has 0 amide bonds. The van der Waals surface area contributed by atoms with Crippen LogP contribution in [0.5, 0.6) is 0 Å². The van der Waals surface area contributed by atoms with Crippen molar-refractivity contribution in [3.05, 3.63) is 11.1 Å². The zero-order valence-corrected chi connectivity index (χ0v) is 12.9. The summed E-state index contributed by atoms with van der Waals surface area (Å²) in [5.41, 5.74) is 1.02. The highest BCUT2D eigenvalue weighted by atomic mass is 16.5. The lowest BCUT2D eigenvalue weighted by Gasteiger charge is -2.49. The van der Waals surface area contributed by atoms with Gasteiger partial charge in [-0.3, -0.25) is 0 Å². The van der Waals surface area contributed by atoms with Crippen molar-refractivity contribution >= 4 is 0 Å². The molecule has 1 unspecified atom stereocenters. The van der Waals surface area contributed by atoms with E-state index in [1.54, 1.807) is 14.0 Å². The van der Waals surface area contributed by atoms with Crippen LogP contribution in [0.2, 0.25) is 0 Å². The molecule has 4 atom stereocenters. The molecule has 0 saturated heterocycles. The predicted molar refractivity (Wildman–Crippen MR) is 75.9 cm³/mol. The summed E-state index contributed by atoms with van der Waals surface area (Å²) in [5.74, 6) is 0.843. The van der Waals surface area contributed by atoms with E-state index in [9.17, 15) is 10.2 Å². The molecule has 110 valence electrons. The maximum Gasteiger partial charge on any atom is 0.104 e. The molecule has 0 aromatic carbocycles. The molecule has 0 heterocycles. The highest BCUT2D eigenvalue weighted by molar-refractivity contribution is 5.36. The van der Waals surface area contributed by atoms with Crippen LogP contribution >= 0.6 is 0 Å². The summed E-state index contributed by atoms with van der Waals surface area (Å²) in [5, 5.41) is 21.0. The third-order valence-electron chi connectivity index (χ3n) is 5.34. The second-order valence-corrected chi connectivity index (χ2v) is 7.02. The first kappa shape index (κ1) is 15.0. The van der Waals surface area contributed by atoms with E-state index in [0.29, 0.717) is 18.3 Å². The molecular weight excluding hydrogens is 240 g/mol. The third-order valence-corrected chi connectivity index (χ3v) is 5.34. The monoisotopic (exact) mass is 268 g/mol. The predicted octanol–water partition coefficient (Wildman–Crippen LogP) is 2.66. The first-order valence-electron chi connectivity index (χ1n) is 7.42. The first-order chi connectivity index (χ1) is 8.73. The second-order valence-electron chi connectivity index (χ2n) is 7.02. The third kappa shape index (κ3) is 2.37. The van der Waals surface area contributed by atoms with Crippen molar-refractivity contribution in [1.29, 1.82) is 0 Å². The number of aliphatic hydroxyl groups excluding tert-OH is 1. The minimum atomic E-state index is -1.00. The van der Waals surface area contributed by atoms with E-state index in [0.717, 1.165) is 24.8 Å². The van der Waals surface area contributed by atoms with Crippen molar-refractivity contribution in [1.82, 2.24) is 0 Å². The quantitative estimate of drug-likeness (QED) is 0.757. The van der Waals surface area contributed by atoms with Gasteiger partial charge in [-0.2, -0.15) is 0 Å². The highest BCUT2D eigenvalue weighted by Gasteiger charge is 2.48. The molecule has 0 bridgehead atoms. The summed E-state index contributed by atoms with van der Waals surface area (Å²) in [6.45, 7) is 8.25. The fourth-order valence-electron chi connectivity index (χ4n) is 3.81. The molecule has 19 heavy (non-hydrogen) atoms. The Labute approximate surface area is 116 Å². The van der Waals surface area contributed by atoms with Crippen LogP contribution in [-0.4, -0.2) is 34.6 Å². The van der Waals surface area contributed by atoms with Gasteiger partial charge in [0.15, 0.2) is 0 Å². The van der Waals surface area contributed by atoms with Crippen molar-refractivity contribution in [2.75, 3.05) is 7.11 Å². The van der Waals surface area contributed by atoms with E-state index in [4.69, 9.17) is 4.74 Å². The smallest absolute Gasteiger partial charge is 0.104 e. The molecule has 0 radical (unpaired) electrons. The Morgan fingerprint density at radius 2 is 1.89 bits per heavy atom. The molecule has 0 aromatic heterocycles. The van der Waals surface area contributed by atoms with Crippen LogP contribution in [0.15, 0.2) is 11.1 Å². The van der Waals surface area contributed by atoms with Crippen LogP contribution in [0, 0.1) is 11.8 Å². The van der Waals surface area contributed by atoms with E-state index < -0.39 is 11.7 Å². The van der Waals surface area contributed by atoms with Gasteiger partial charge in [0.25, 0.3) is 0 Å². The average molecular weight is 268 g/mol. The van der Waals surface area contributed by atoms with E-state index in [2.05, 4.69) is 20.8 Å².